The van der Waals surface area contributed by atoms with Crippen LogP contribution in [0.5, 0.6) is 0 Å². The Bertz CT molecular complexity index is 3140. The number of benzene rings is 9. The third-order valence-corrected chi connectivity index (χ3v) is 12.8. The van der Waals surface area contributed by atoms with Crippen LogP contribution >= 0.6 is 0 Å². The maximum Gasteiger partial charge on any atom is 0.133 e. The van der Waals surface area contributed by atoms with Crippen molar-refractivity contribution in [2.24, 2.45) is 4.99 Å². The van der Waals surface area contributed by atoms with E-state index >= 15 is 0 Å². The molecule has 9 aromatic rings. The Kier molecular flexibility index (Phi) is 9.95. The van der Waals surface area contributed by atoms with Crippen LogP contribution in [0.4, 0.5) is 34.1 Å². The van der Waals surface area contributed by atoms with Gasteiger partial charge in [-0.1, -0.05) is 158 Å². The molecule has 6 heteroatoms. The van der Waals surface area contributed by atoms with E-state index in [2.05, 4.69) is 268 Å². The van der Waals surface area contributed by atoms with Gasteiger partial charge in [-0.15, -0.1) is 0 Å². The lowest BCUT2D eigenvalue weighted by atomic mass is 9.95. The first-order valence-corrected chi connectivity index (χ1v) is 22.6. The summed E-state index contributed by atoms with van der Waals surface area (Å²) >= 11 is 0. The minimum atomic E-state index is -0.267. The maximum absolute atomic E-state index is 5.64. The summed E-state index contributed by atoms with van der Waals surface area (Å²) in [5.74, 6) is 0.805. The molecule has 3 unspecified atom stereocenters. The van der Waals surface area contributed by atoms with Crippen molar-refractivity contribution in [3.05, 3.63) is 270 Å². The van der Waals surface area contributed by atoms with Crippen molar-refractivity contribution >= 4 is 45.7 Å². The topological polar surface area (TPSA) is 54.9 Å². The number of aliphatic imine (C=N–C) groups is 1. The van der Waals surface area contributed by atoms with E-state index < -0.39 is 0 Å². The molecule has 0 aromatic heterocycles. The molecule has 0 fully saturated rings. The fraction of sp³-hybridized carbons (Fsp3) is 0.0500. The predicted octanol–water partition coefficient (Wildman–Crippen LogP) is 14.7. The van der Waals surface area contributed by atoms with Gasteiger partial charge in [0, 0.05) is 22.6 Å². The Morgan fingerprint density at radius 1 is 0.348 bits per heavy atom. The van der Waals surface area contributed by atoms with E-state index in [0.717, 1.165) is 84.6 Å². The first kappa shape index (κ1) is 39.0. The van der Waals surface area contributed by atoms with Gasteiger partial charge in [-0.25, -0.2) is 0 Å². The van der Waals surface area contributed by atoms with Crippen LogP contribution in [0.2, 0.25) is 0 Å². The molecule has 0 saturated heterocycles. The summed E-state index contributed by atoms with van der Waals surface area (Å²) in [6, 6.07) is 84.1. The highest BCUT2D eigenvalue weighted by atomic mass is 15.3. The number of hydrogen-bond donors (Lipinski definition) is 3. The van der Waals surface area contributed by atoms with E-state index in [1.807, 2.05) is 0 Å². The number of nitrogens with zero attached hydrogens (tertiary/aromatic N) is 3. The summed E-state index contributed by atoms with van der Waals surface area (Å²) in [4.78, 5) is 10.5. The number of fused-ring (bicyclic) bond motifs is 2. The van der Waals surface area contributed by atoms with Gasteiger partial charge in [0.15, 0.2) is 0 Å². The Morgan fingerprint density at radius 2 is 0.788 bits per heavy atom. The van der Waals surface area contributed by atoms with E-state index in [9.17, 15) is 0 Å². The average molecular weight is 851 g/mol. The monoisotopic (exact) mass is 850 g/mol. The van der Waals surface area contributed by atoms with E-state index in [1.54, 1.807) is 0 Å². The number of anilines is 6. The normalized spacial score (nSPS) is 17.1. The Balaban J connectivity index is 1.04. The van der Waals surface area contributed by atoms with Crippen molar-refractivity contribution in [1.82, 2.24) is 5.32 Å². The van der Waals surface area contributed by atoms with Crippen molar-refractivity contribution in [2.75, 3.05) is 20.4 Å². The van der Waals surface area contributed by atoms with E-state index in [4.69, 9.17) is 4.99 Å². The molecule has 6 nitrogen and oxygen atoms in total. The molecule has 0 spiro atoms. The summed E-state index contributed by atoms with van der Waals surface area (Å²) in [7, 11) is 0. The molecule has 0 bridgehead atoms. The Hall–Kier alpha value is -8.61. The number of amidine groups is 1. The van der Waals surface area contributed by atoms with Crippen molar-refractivity contribution < 1.29 is 0 Å². The standard InChI is InChI=1S/C60H46N6/c1-5-19-41(20-6-1)43-23-17-25-45(35-43)54-40-55(46-26-18-24-44(36-46)42-21-7-2-8-22-42)62-58(61-54)47-37-48(59-63-52-31-13-15-33-56(52)65(59)50-27-9-3-10-28-50)39-49(38-47)60-64-53-32-14-16-34-57(53)66(60)51-29-11-4-12-30-51/h1-40,54,59-60,63-64H,(H,61,62). The molecule has 3 heterocycles. The number of hydrogen-bond acceptors (Lipinski definition) is 6. The average Bonchev–Trinajstić information content (AvgIpc) is 3.99. The van der Waals surface area contributed by atoms with Gasteiger partial charge in [0.1, 0.15) is 18.2 Å². The third-order valence-electron chi connectivity index (χ3n) is 12.8. The van der Waals surface area contributed by atoms with E-state index in [0.29, 0.717) is 0 Å². The summed E-state index contributed by atoms with van der Waals surface area (Å²) in [6.07, 6.45) is 1.86. The number of para-hydroxylation sites is 6. The molecule has 12 rings (SSSR count). The molecular formula is C60H46N6. The van der Waals surface area contributed by atoms with Gasteiger partial charge in [-0.3, -0.25) is 4.99 Å². The van der Waals surface area contributed by atoms with Crippen LogP contribution < -0.4 is 25.8 Å². The Morgan fingerprint density at radius 3 is 1.35 bits per heavy atom. The molecular weight excluding hydrogens is 805 g/mol. The zero-order valence-electron chi connectivity index (χ0n) is 36.2. The molecule has 0 saturated carbocycles. The van der Waals surface area contributed by atoms with Gasteiger partial charge in [0.2, 0.25) is 0 Å². The molecule has 3 aliphatic heterocycles. The lowest BCUT2D eigenvalue weighted by molar-refractivity contribution is 0.799. The van der Waals surface area contributed by atoms with Gasteiger partial charge < -0.3 is 25.8 Å². The maximum atomic E-state index is 5.64. The molecule has 0 amide bonds. The molecule has 3 aliphatic rings. The summed E-state index contributed by atoms with van der Waals surface area (Å²) in [5, 5.41) is 11.8. The fourth-order valence-corrected chi connectivity index (χ4v) is 9.71. The quantitative estimate of drug-likeness (QED) is 0.135. The lowest BCUT2D eigenvalue weighted by Crippen LogP contribution is -2.30. The predicted molar refractivity (Wildman–Crippen MR) is 273 cm³/mol. The van der Waals surface area contributed by atoms with Gasteiger partial charge in [-0.2, -0.15) is 0 Å². The van der Waals surface area contributed by atoms with Crippen LogP contribution in [0.3, 0.4) is 0 Å². The van der Waals surface area contributed by atoms with Gasteiger partial charge >= 0.3 is 0 Å². The van der Waals surface area contributed by atoms with Gasteiger partial charge in [-0.05, 0) is 129 Å². The van der Waals surface area contributed by atoms with Gasteiger partial charge in [0.25, 0.3) is 0 Å². The van der Waals surface area contributed by atoms with Crippen LogP contribution in [-0.2, 0) is 0 Å². The van der Waals surface area contributed by atoms with Crippen molar-refractivity contribution in [3.8, 4) is 22.3 Å². The number of nitrogens with one attached hydrogen (secondary N) is 3. The van der Waals surface area contributed by atoms with Crippen molar-refractivity contribution in [1.29, 1.82) is 0 Å². The molecule has 3 atom stereocenters. The summed E-state index contributed by atoms with van der Waals surface area (Å²) < 4.78 is 0. The highest BCUT2D eigenvalue weighted by molar-refractivity contribution is 6.05. The minimum absolute atomic E-state index is 0.211. The fourth-order valence-electron chi connectivity index (χ4n) is 9.71. The number of rotatable bonds is 9. The third kappa shape index (κ3) is 7.34. The molecule has 66 heavy (non-hydrogen) atoms. The highest BCUT2D eigenvalue weighted by Gasteiger charge is 2.35. The van der Waals surface area contributed by atoms with Crippen LogP contribution in [0.1, 0.15) is 46.2 Å². The highest BCUT2D eigenvalue weighted by Crippen LogP contribution is 2.49. The summed E-state index contributed by atoms with van der Waals surface area (Å²) in [6.45, 7) is 0. The lowest BCUT2D eigenvalue weighted by Gasteiger charge is -2.31. The Labute approximate surface area is 385 Å². The molecule has 3 N–H and O–H groups in total. The zero-order chi connectivity index (χ0) is 43.8. The van der Waals surface area contributed by atoms with Crippen LogP contribution in [0.25, 0.3) is 28.0 Å². The molecule has 0 radical (unpaired) electrons. The second-order valence-electron chi connectivity index (χ2n) is 17.0. The van der Waals surface area contributed by atoms with Crippen LogP contribution in [-0.4, -0.2) is 5.84 Å². The second kappa shape index (κ2) is 16.8. The molecule has 0 aliphatic carbocycles. The zero-order valence-corrected chi connectivity index (χ0v) is 36.2. The van der Waals surface area contributed by atoms with Crippen LogP contribution in [0, 0.1) is 0 Å². The van der Waals surface area contributed by atoms with Crippen molar-refractivity contribution in [2.45, 2.75) is 18.4 Å². The first-order valence-electron chi connectivity index (χ1n) is 22.6. The van der Waals surface area contributed by atoms with E-state index in [-0.39, 0.29) is 18.4 Å². The van der Waals surface area contributed by atoms with Crippen molar-refractivity contribution in [3.63, 3.8) is 0 Å². The molecule has 9 aromatic carbocycles. The van der Waals surface area contributed by atoms with Crippen LogP contribution in [0.15, 0.2) is 248 Å². The minimum Gasteiger partial charge on any atom is -0.359 e. The SMILES string of the molecule is C1=C(c2cccc(-c3ccccc3)c2)NC(c2cc(C3Nc4ccccc4N3c3ccccc3)cc(C3Nc4ccccc4N3c3ccccc3)c2)=NC1c1cccc(-c2ccccc2)c1. The molecule has 316 valence electrons. The van der Waals surface area contributed by atoms with E-state index in [1.165, 1.54) is 11.1 Å². The first-order chi connectivity index (χ1) is 32.7. The summed E-state index contributed by atoms with van der Waals surface area (Å²) in [5.41, 5.74) is 17.8. The smallest absolute Gasteiger partial charge is 0.133 e. The van der Waals surface area contributed by atoms with Gasteiger partial charge in [0.05, 0.1) is 28.8 Å². The largest absolute Gasteiger partial charge is 0.359 e. The second-order valence-corrected chi connectivity index (χ2v) is 17.0.